The van der Waals surface area contributed by atoms with Crippen LogP contribution in [0.2, 0.25) is 0 Å². The average Bonchev–Trinajstić information content (AvgIpc) is 2.86. The number of nitrogens with two attached hydrogens (primary N) is 1. The van der Waals surface area contributed by atoms with Gasteiger partial charge in [-0.1, -0.05) is 6.07 Å². The van der Waals surface area contributed by atoms with Crippen LogP contribution in [0.25, 0.3) is 11.1 Å². The first-order valence-corrected chi connectivity index (χ1v) is 13.6. The first-order chi connectivity index (χ1) is 17.9. The van der Waals surface area contributed by atoms with Crippen molar-refractivity contribution in [1.29, 1.82) is 5.41 Å². The molecule has 0 spiro atoms. The number of nitrogen functional groups attached to an aromatic ring is 1. The summed E-state index contributed by atoms with van der Waals surface area (Å²) in [4.78, 5) is 22.9. The van der Waals surface area contributed by atoms with Crippen LogP contribution in [0, 0.1) is 5.41 Å². The number of carbonyl (C=O) groups excluding carboxylic acids is 1. The number of nitrogens with zero attached hydrogens (tertiary/aromatic N) is 3. The van der Waals surface area contributed by atoms with Crippen molar-refractivity contribution in [2.24, 2.45) is 0 Å². The van der Waals surface area contributed by atoms with Crippen LogP contribution in [0.15, 0.2) is 55.0 Å². The van der Waals surface area contributed by atoms with Gasteiger partial charge in [0.1, 0.15) is 11.5 Å². The molecule has 0 atom stereocenters. The number of carbonyl (C=O) groups is 1. The normalized spacial score (nSPS) is 15.6. The van der Waals surface area contributed by atoms with E-state index in [9.17, 15) is 22.0 Å². The molecule has 1 aromatic carbocycles. The average molecular weight is 544 g/mol. The van der Waals surface area contributed by atoms with E-state index < -0.39 is 21.9 Å². The first kappa shape index (κ1) is 27.1. The zero-order valence-electron chi connectivity index (χ0n) is 20.5. The third kappa shape index (κ3) is 7.07. The molecule has 0 saturated carbocycles. The predicted molar refractivity (Wildman–Crippen MR) is 142 cm³/mol. The minimum atomic E-state index is -3.49. The number of sulfonamides is 1. The Kier molecular flexibility index (Phi) is 7.69. The summed E-state index contributed by atoms with van der Waals surface area (Å²) in [5.74, 6) is -3.25. The SMILES string of the molecule is CS(=O)(=O)Nc1ccc(NC(=O)C(=N)c2cc(-c3cncc(CN4CCC(F)(F)CC4)c3)ccc2N)cn1. The highest BCUT2D eigenvalue weighted by Crippen LogP contribution is 2.29. The fourth-order valence-electron chi connectivity index (χ4n) is 4.01. The Hall–Kier alpha value is -3.97. The molecule has 0 aliphatic carbocycles. The van der Waals surface area contributed by atoms with Crippen molar-refractivity contribution in [3.8, 4) is 11.1 Å². The zero-order chi connectivity index (χ0) is 27.5. The maximum atomic E-state index is 13.5. The number of alkyl halides is 2. The number of pyridine rings is 2. The molecule has 3 heterocycles. The number of hydrogen-bond acceptors (Lipinski definition) is 8. The predicted octanol–water partition coefficient (Wildman–Crippen LogP) is 3.33. The summed E-state index contributed by atoms with van der Waals surface area (Å²) in [5.41, 5.74) is 8.69. The molecule has 0 bridgehead atoms. The van der Waals surface area contributed by atoms with Crippen LogP contribution in [-0.2, 0) is 21.4 Å². The summed E-state index contributed by atoms with van der Waals surface area (Å²) in [7, 11) is -3.49. The number of anilines is 3. The molecule has 1 fully saturated rings. The van der Waals surface area contributed by atoms with Gasteiger partial charge >= 0.3 is 0 Å². The Morgan fingerprint density at radius 1 is 1.11 bits per heavy atom. The first-order valence-electron chi connectivity index (χ1n) is 11.7. The number of aromatic nitrogens is 2. The van der Waals surface area contributed by atoms with Crippen LogP contribution >= 0.6 is 0 Å². The standard InChI is InChI=1S/C25H27F2N7O3S/c1-38(36,37)33-22-5-3-19(14-31-22)32-24(35)23(29)20-11-17(2-4-21(20)28)18-10-16(12-30-13-18)15-34-8-6-25(26,27)7-9-34/h2-5,10-14,29H,6-9,15,28H2,1H3,(H,31,33)(H,32,35). The highest BCUT2D eigenvalue weighted by atomic mass is 32.2. The van der Waals surface area contributed by atoms with E-state index in [1.165, 1.54) is 18.3 Å². The fourth-order valence-corrected chi connectivity index (χ4v) is 4.52. The minimum absolute atomic E-state index is 0.0894. The molecule has 4 rings (SSSR count). The van der Waals surface area contributed by atoms with Crippen molar-refractivity contribution in [2.75, 3.05) is 35.1 Å². The van der Waals surface area contributed by atoms with Gasteiger partial charge in [-0.05, 0) is 41.5 Å². The smallest absolute Gasteiger partial charge is 0.274 e. The molecule has 10 nitrogen and oxygen atoms in total. The Morgan fingerprint density at radius 3 is 2.50 bits per heavy atom. The van der Waals surface area contributed by atoms with Crippen LogP contribution < -0.4 is 15.8 Å². The molecular formula is C25H27F2N7O3S. The topological polar surface area (TPSA) is 154 Å². The fraction of sp³-hybridized carbons (Fsp3) is 0.280. The number of nitrogens with one attached hydrogen (secondary N) is 3. The lowest BCUT2D eigenvalue weighted by atomic mass is 9.99. The van der Waals surface area contributed by atoms with E-state index in [0.717, 1.165) is 17.4 Å². The van der Waals surface area contributed by atoms with Gasteiger partial charge in [-0.3, -0.25) is 24.8 Å². The number of amides is 1. The highest BCUT2D eigenvalue weighted by molar-refractivity contribution is 7.92. The third-order valence-corrected chi connectivity index (χ3v) is 6.56. The summed E-state index contributed by atoms with van der Waals surface area (Å²) >= 11 is 0. The van der Waals surface area contributed by atoms with Gasteiger partial charge in [-0.25, -0.2) is 22.2 Å². The number of likely N-dealkylation sites (tertiary alicyclic amines) is 1. The second kappa shape index (κ2) is 10.8. The van der Waals surface area contributed by atoms with E-state index in [4.69, 9.17) is 11.1 Å². The van der Waals surface area contributed by atoms with Crippen LogP contribution in [0.3, 0.4) is 0 Å². The van der Waals surface area contributed by atoms with Gasteiger partial charge in [0, 0.05) is 61.7 Å². The number of piperidine rings is 1. The number of rotatable bonds is 8. The lowest BCUT2D eigenvalue weighted by Crippen LogP contribution is -2.38. The van der Waals surface area contributed by atoms with Crippen molar-refractivity contribution in [3.63, 3.8) is 0 Å². The molecule has 2 aromatic heterocycles. The molecule has 38 heavy (non-hydrogen) atoms. The molecule has 200 valence electrons. The second-order valence-electron chi connectivity index (χ2n) is 9.15. The monoisotopic (exact) mass is 543 g/mol. The second-order valence-corrected chi connectivity index (χ2v) is 10.9. The van der Waals surface area contributed by atoms with Gasteiger partial charge in [0.25, 0.3) is 11.8 Å². The van der Waals surface area contributed by atoms with Crippen molar-refractivity contribution in [1.82, 2.24) is 14.9 Å². The van der Waals surface area contributed by atoms with Crippen molar-refractivity contribution in [2.45, 2.75) is 25.3 Å². The van der Waals surface area contributed by atoms with Gasteiger partial charge in [0.2, 0.25) is 10.0 Å². The highest BCUT2D eigenvalue weighted by Gasteiger charge is 2.33. The van der Waals surface area contributed by atoms with Gasteiger partial charge in [-0.2, -0.15) is 0 Å². The summed E-state index contributed by atoms with van der Waals surface area (Å²) < 4.78 is 51.8. The van der Waals surface area contributed by atoms with E-state index in [-0.39, 0.29) is 41.3 Å². The van der Waals surface area contributed by atoms with Crippen LogP contribution in [0.1, 0.15) is 24.0 Å². The molecule has 13 heteroatoms. The molecule has 1 aliphatic rings. The molecule has 1 amide bonds. The summed E-state index contributed by atoms with van der Waals surface area (Å²) in [6, 6.07) is 9.70. The van der Waals surface area contributed by atoms with Gasteiger partial charge < -0.3 is 11.1 Å². The summed E-state index contributed by atoms with van der Waals surface area (Å²) in [5, 5.41) is 10.9. The Morgan fingerprint density at radius 2 is 1.84 bits per heavy atom. The van der Waals surface area contributed by atoms with E-state index in [1.54, 1.807) is 30.6 Å². The lowest BCUT2D eigenvalue weighted by molar-refractivity contribution is -0.110. The molecule has 5 N–H and O–H groups in total. The van der Waals surface area contributed by atoms with Gasteiger partial charge in [0.15, 0.2) is 0 Å². The molecule has 1 aliphatic heterocycles. The maximum absolute atomic E-state index is 13.5. The third-order valence-electron chi connectivity index (χ3n) is 5.98. The van der Waals surface area contributed by atoms with Crippen molar-refractivity contribution < 1.29 is 22.0 Å². The van der Waals surface area contributed by atoms with E-state index >= 15 is 0 Å². The largest absolute Gasteiger partial charge is 0.398 e. The Balaban J connectivity index is 1.46. The van der Waals surface area contributed by atoms with Crippen molar-refractivity contribution in [3.05, 3.63) is 66.1 Å². The number of halogens is 2. The van der Waals surface area contributed by atoms with E-state index in [1.807, 2.05) is 11.0 Å². The summed E-state index contributed by atoms with van der Waals surface area (Å²) in [6.45, 7) is 1.10. The molecule has 1 saturated heterocycles. The van der Waals surface area contributed by atoms with Crippen molar-refractivity contribution >= 4 is 38.8 Å². The molecule has 3 aromatic rings. The quantitative estimate of drug-likeness (QED) is 0.251. The summed E-state index contributed by atoms with van der Waals surface area (Å²) in [6.07, 6.45) is 5.26. The van der Waals surface area contributed by atoms with E-state index in [2.05, 4.69) is 20.0 Å². The van der Waals surface area contributed by atoms with Gasteiger partial charge in [-0.15, -0.1) is 0 Å². The number of benzene rings is 1. The zero-order valence-corrected chi connectivity index (χ0v) is 21.4. The van der Waals surface area contributed by atoms with Crippen LogP contribution in [0.4, 0.5) is 26.0 Å². The maximum Gasteiger partial charge on any atom is 0.274 e. The molecule has 0 unspecified atom stereocenters. The molecule has 0 radical (unpaired) electrons. The van der Waals surface area contributed by atoms with Gasteiger partial charge in [0.05, 0.1) is 18.1 Å². The Bertz CT molecular complexity index is 1450. The lowest BCUT2D eigenvalue weighted by Gasteiger charge is -2.31. The van der Waals surface area contributed by atoms with E-state index in [0.29, 0.717) is 25.2 Å². The Labute approximate surface area is 218 Å². The van der Waals surface area contributed by atoms with Crippen LogP contribution in [0.5, 0.6) is 0 Å². The van der Waals surface area contributed by atoms with Crippen LogP contribution in [-0.4, -0.2) is 60.2 Å². The molecular weight excluding hydrogens is 516 g/mol. The number of hydrogen-bond donors (Lipinski definition) is 4. The minimum Gasteiger partial charge on any atom is -0.398 e.